The van der Waals surface area contributed by atoms with E-state index >= 15 is 0 Å². The summed E-state index contributed by atoms with van der Waals surface area (Å²) in [5.74, 6) is 0. The molecule has 10 aromatic rings. The molecular weight excluding hydrogens is 561 g/mol. The van der Waals surface area contributed by atoms with Crippen LogP contribution in [-0.2, 0) is 0 Å². The van der Waals surface area contributed by atoms with E-state index in [2.05, 4.69) is 138 Å². The van der Waals surface area contributed by atoms with E-state index in [0.29, 0.717) is 0 Å². The summed E-state index contributed by atoms with van der Waals surface area (Å²) in [6.45, 7) is 0. The fourth-order valence-electron chi connectivity index (χ4n) is 6.84. The van der Waals surface area contributed by atoms with Gasteiger partial charge in [0, 0.05) is 36.5 Å². The van der Waals surface area contributed by atoms with Crippen molar-refractivity contribution in [2.24, 2.45) is 0 Å². The van der Waals surface area contributed by atoms with Crippen molar-refractivity contribution in [3.8, 4) is 16.3 Å². The van der Waals surface area contributed by atoms with Crippen LogP contribution >= 0.6 is 22.7 Å². The molecule has 3 heterocycles. The van der Waals surface area contributed by atoms with Crippen molar-refractivity contribution < 1.29 is 0 Å². The Hall–Kier alpha value is -5.03. The van der Waals surface area contributed by atoms with Gasteiger partial charge < -0.3 is 4.57 Å². The summed E-state index contributed by atoms with van der Waals surface area (Å²) in [5.41, 5.74) is 5.84. The number of rotatable bonds is 2. The highest BCUT2D eigenvalue weighted by Crippen LogP contribution is 2.47. The molecule has 0 radical (unpaired) electrons. The molecule has 7 aromatic carbocycles. The van der Waals surface area contributed by atoms with Crippen LogP contribution in [0.5, 0.6) is 0 Å². The first-order valence-corrected chi connectivity index (χ1v) is 16.1. The molecular formula is C39H22N2S2. The summed E-state index contributed by atoms with van der Waals surface area (Å²) in [6.07, 6.45) is 0. The van der Waals surface area contributed by atoms with Crippen LogP contribution in [0.3, 0.4) is 0 Å². The van der Waals surface area contributed by atoms with Gasteiger partial charge in [-0.2, -0.15) is 0 Å². The molecule has 0 amide bonds. The van der Waals surface area contributed by atoms with Crippen molar-refractivity contribution >= 4 is 96.4 Å². The van der Waals surface area contributed by atoms with Crippen molar-refractivity contribution in [3.05, 3.63) is 133 Å². The average Bonchev–Trinajstić information content (AvgIpc) is 3.73. The summed E-state index contributed by atoms with van der Waals surface area (Å²) in [6, 6.07) is 48.7. The van der Waals surface area contributed by atoms with Crippen LogP contribution < -0.4 is 0 Å². The third-order valence-corrected chi connectivity index (χ3v) is 10.9. The van der Waals surface area contributed by atoms with Gasteiger partial charge in [0.25, 0.3) is 0 Å². The third kappa shape index (κ3) is 3.36. The predicted molar refractivity (Wildman–Crippen MR) is 187 cm³/mol. The quantitative estimate of drug-likeness (QED) is 0.198. The summed E-state index contributed by atoms with van der Waals surface area (Å²) in [5, 5.41) is 11.2. The van der Waals surface area contributed by atoms with Crippen LogP contribution in [0.15, 0.2) is 133 Å². The first-order valence-electron chi connectivity index (χ1n) is 14.5. The number of hydrogen-bond acceptors (Lipinski definition) is 3. The number of nitrogens with zero attached hydrogens (tertiary/aromatic N) is 2. The van der Waals surface area contributed by atoms with Crippen LogP contribution in [-0.4, -0.2) is 9.55 Å². The smallest absolute Gasteiger partial charge is 0.127 e. The molecule has 0 aliphatic heterocycles. The molecule has 200 valence electrons. The molecule has 0 aliphatic carbocycles. The Labute approximate surface area is 254 Å². The van der Waals surface area contributed by atoms with Crippen molar-refractivity contribution in [1.82, 2.24) is 9.55 Å². The van der Waals surface area contributed by atoms with E-state index in [-0.39, 0.29) is 0 Å². The summed E-state index contributed by atoms with van der Waals surface area (Å²) in [4.78, 5) is 5.27. The standard InChI is InChI=1S/C39H22N2S2/c1-3-11-25-21-33-28(19-23(25)9-1)27-13-5-7-15-31(27)41(33)32-17-18-35-37(38(32)39-40-30-14-6-8-16-34(30)43-39)29-20-24-10-2-4-12-26(24)22-36(29)42-35/h1-22H. The Balaban J connectivity index is 1.41. The second-order valence-electron chi connectivity index (χ2n) is 11.2. The molecule has 0 aliphatic rings. The fourth-order valence-corrected chi connectivity index (χ4v) is 9.01. The first kappa shape index (κ1) is 23.5. The maximum Gasteiger partial charge on any atom is 0.127 e. The summed E-state index contributed by atoms with van der Waals surface area (Å²) in [7, 11) is 0. The van der Waals surface area contributed by atoms with E-state index in [4.69, 9.17) is 4.98 Å². The highest BCUT2D eigenvalue weighted by molar-refractivity contribution is 7.26. The predicted octanol–water partition coefficient (Wildman–Crippen LogP) is 11.7. The van der Waals surface area contributed by atoms with Crippen LogP contribution in [0.4, 0.5) is 0 Å². The van der Waals surface area contributed by atoms with Gasteiger partial charge in [-0.05, 0) is 76.1 Å². The molecule has 0 saturated heterocycles. The monoisotopic (exact) mass is 582 g/mol. The van der Waals surface area contributed by atoms with Crippen molar-refractivity contribution in [2.45, 2.75) is 0 Å². The lowest BCUT2D eigenvalue weighted by Crippen LogP contribution is -1.97. The lowest BCUT2D eigenvalue weighted by molar-refractivity contribution is 1.19. The maximum absolute atomic E-state index is 5.27. The van der Waals surface area contributed by atoms with Crippen LogP contribution in [0.25, 0.3) is 90.0 Å². The SMILES string of the molecule is c1ccc2cc3c(cc2c1)sc1ccc(-n2c4ccccc4c4cc5ccccc5cc42)c(-c2nc4ccccc4s2)c13. The number of fused-ring (bicyclic) bond motifs is 9. The van der Waals surface area contributed by atoms with Gasteiger partial charge in [-0.3, -0.25) is 0 Å². The zero-order chi connectivity index (χ0) is 28.1. The van der Waals surface area contributed by atoms with Gasteiger partial charge in [0.05, 0.1) is 26.9 Å². The lowest BCUT2D eigenvalue weighted by Gasteiger charge is -2.14. The van der Waals surface area contributed by atoms with Gasteiger partial charge in [-0.25, -0.2) is 4.98 Å². The molecule has 10 rings (SSSR count). The molecule has 2 nitrogen and oxygen atoms in total. The van der Waals surface area contributed by atoms with Gasteiger partial charge in [0.15, 0.2) is 0 Å². The molecule has 0 fully saturated rings. The number of aromatic nitrogens is 2. The molecule has 0 unspecified atom stereocenters. The van der Waals surface area contributed by atoms with Crippen molar-refractivity contribution in [3.63, 3.8) is 0 Å². The number of thiophene rings is 1. The van der Waals surface area contributed by atoms with Crippen LogP contribution in [0.1, 0.15) is 0 Å². The number of benzene rings is 7. The Kier molecular flexibility index (Phi) is 4.78. The fraction of sp³-hybridized carbons (Fsp3) is 0. The van der Waals surface area contributed by atoms with E-state index < -0.39 is 0 Å². The minimum atomic E-state index is 1.05. The topological polar surface area (TPSA) is 17.8 Å². The Morgan fingerprint density at radius 3 is 1.95 bits per heavy atom. The summed E-state index contributed by atoms with van der Waals surface area (Å²) >= 11 is 3.66. The highest BCUT2D eigenvalue weighted by Gasteiger charge is 2.23. The molecule has 4 heteroatoms. The molecule has 0 spiro atoms. The van der Waals surface area contributed by atoms with E-state index in [1.54, 1.807) is 11.3 Å². The van der Waals surface area contributed by atoms with E-state index in [0.717, 1.165) is 10.5 Å². The largest absolute Gasteiger partial charge is 0.308 e. The van der Waals surface area contributed by atoms with Gasteiger partial charge >= 0.3 is 0 Å². The van der Waals surface area contributed by atoms with Gasteiger partial charge in [0.1, 0.15) is 5.01 Å². The minimum Gasteiger partial charge on any atom is -0.308 e. The lowest BCUT2D eigenvalue weighted by atomic mass is 10.0. The number of hydrogen-bond donors (Lipinski definition) is 0. The van der Waals surface area contributed by atoms with Crippen molar-refractivity contribution in [1.29, 1.82) is 0 Å². The molecule has 43 heavy (non-hydrogen) atoms. The summed E-state index contributed by atoms with van der Waals surface area (Å²) < 4.78 is 6.28. The number of thiazole rings is 1. The average molecular weight is 583 g/mol. The zero-order valence-electron chi connectivity index (χ0n) is 22.9. The molecule has 0 N–H and O–H groups in total. The Morgan fingerprint density at radius 1 is 0.465 bits per heavy atom. The Bertz CT molecular complexity index is 2710. The second kappa shape index (κ2) is 8.74. The van der Waals surface area contributed by atoms with Crippen LogP contribution in [0, 0.1) is 0 Å². The maximum atomic E-state index is 5.27. The molecule has 0 atom stereocenters. The third-order valence-electron chi connectivity index (χ3n) is 8.77. The molecule has 3 aromatic heterocycles. The van der Waals surface area contributed by atoms with E-state index in [1.165, 1.54) is 79.5 Å². The van der Waals surface area contributed by atoms with E-state index in [1.807, 2.05) is 11.3 Å². The zero-order valence-corrected chi connectivity index (χ0v) is 24.5. The molecule has 0 bridgehead atoms. The minimum absolute atomic E-state index is 1.05. The van der Waals surface area contributed by atoms with Gasteiger partial charge in [-0.1, -0.05) is 78.9 Å². The normalized spacial score (nSPS) is 12.2. The van der Waals surface area contributed by atoms with E-state index in [9.17, 15) is 0 Å². The van der Waals surface area contributed by atoms with Gasteiger partial charge in [0.2, 0.25) is 0 Å². The van der Waals surface area contributed by atoms with Gasteiger partial charge in [-0.15, -0.1) is 22.7 Å². The highest BCUT2D eigenvalue weighted by atomic mass is 32.1. The van der Waals surface area contributed by atoms with Crippen molar-refractivity contribution in [2.75, 3.05) is 0 Å². The molecule has 0 saturated carbocycles. The number of para-hydroxylation sites is 2. The van der Waals surface area contributed by atoms with Crippen LogP contribution in [0.2, 0.25) is 0 Å². The Morgan fingerprint density at radius 2 is 1.14 bits per heavy atom. The second-order valence-corrected chi connectivity index (χ2v) is 13.3. The first-order chi connectivity index (χ1) is 21.3.